The summed E-state index contributed by atoms with van der Waals surface area (Å²) in [6.07, 6.45) is 6.25. The Hall–Kier alpha value is -0.890. The number of nitrogens with zero attached hydrogens (tertiary/aromatic N) is 2. The normalized spacial score (nSPS) is 16.2. The molecule has 1 aliphatic heterocycles. The van der Waals surface area contributed by atoms with Crippen LogP contribution in [0, 0.1) is 5.82 Å². The van der Waals surface area contributed by atoms with E-state index in [2.05, 4.69) is 20.5 Å². The van der Waals surface area contributed by atoms with Gasteiger partial charge in [-0.2, -0.15) is 0 Å². The van der Waals surface area contributed by atoms with Gasteiger partial charge in [0.2, 0.25) is 0 Å². The number of halogens is 2. The molecule has 0 radical (unpaired) electrons. The van der Waals surface area contributed by atoms with Gasteiger partial charge in [0.25, 0.3) is 0 Å². The maximum absolute atomic E-state index is 12.9. The first-order valence-electron chi connectivity index (χ1n) is 8.69. The van der Waals surface area contributed by atoms with Crippen molar-refractivity contribution in [2.24, 2.45) is 4.99 Å². The van der Waals surface area contributed by atoms with Crippen molar-refractivity contribution in [3.05, 3.63) is 35.6 Å². The van der Waals surface area contributed by atoms with Crippen LogP contribution in [-0.2, 0) is 6.42 Å². The molecular weight excluding hydrogens is 418 g/mol. The highest BCUT2D eigenvalue weighted by Crippen LogP contribution is 2.08. The number of hydrogen-bond acceptors (Lipinski definition) is 2. The Morgan fingerprint density at radius 2 is 1.67 bits per heavy atom. The molecule has 1 aliphatic rings. The summed E-state index contributed by atoms with van der Waals surface area (Å²) in [5.74, 6) is 0.648. The average molecular weight is 448 g/mol. The summed E-state index contributed by atoms with van der Waals surface area (Å²) in [5.41, 5.74) is 1.12. The smallest absolute Gasteiger partial charge is 0.191 e. The molecule has 1 saturated heterocycles. The van der Waals surface area contributed by atoms with E-state index in [-0.39, 0.29) is 29.8 Å². The largest absolute Gasteiger partial charge is 0.356 e. The molecule has 0 aromatic heterocycles. The van der Waals surface area contributed by atoms with Crippen LogP contribution >= 0.6 is 24.0 Å². The van der Waals surface area contributed by atoms with Crippen LogP contribution in [0.5, 0.6) is 0 Å². The Morgan fingerprint density at radius 3 is 2.29 bits per heavy atom. The summed E-state index contributed by atoms with van der Waals surface area (Å²) >= 11 is 0. The fourth-order valence-corrected chi connectivity index (χ4v) is 2.89. The third-order valence-corrected chi connectivity index (χ3v) is 4.26. The third-order valence-electron chi connectivity index (χ3n) is 4.26. The van der Waals surface area contributed by atoms with Gasteiger partial charge >= 0.3 is 0 Å². The van der Waals surface area contributed by atoms with Crippen LogP contribution in [0.15, 0.2) is 29.3 Å². The fraction of sp³-hybridized carbons (Fsp3) is 0.611. The Kier molecular flexibility index (Phi) is 11.0. The van der Waals surface area contributed by atoms with Gasteiger partial charge in [-0.05, 0) is 50.0 Å². The molecule has 24 heavy (non-hydrogen) atoms. The first-order valence-corrected chi connectivity index (χ1v) is 8.69. The lowest BCUT2D eigenvalue weighted by atomic mass is 10.1. The minimum absolute atomic E-state index is 0. The first kappa shape index (κ1) is 21.2. The van der Waals surface area contributed by atoms with Crippen molar-refractivity contribution in [2.45, 2.75) is 32.1 Å². The second-order valence-corrected chi connectivity index (χ2v) is 6.06. The third kappa shape index (κ3) is 8.28. The van der Waals surface area contributed by atoms with Crippen LogP contribution in [0.1, 0.15) is 31.2 Å². The number of benzene rings is 1. The van der Waals surface area contributed by atoms with Crippen LogP contribution in [0.3, 0.4) is 0 Å². The van der Waals surface area contributed by atoms with Crippen molar-refractivity contribution in [3.8, 4) is 0 Å². The predicted octanol–water partition coefficient (Wildman–Crippen LogP) is 3.03. The molecule has 1 aromatic rings. The van der Waals surface area contributed by atoms with Gasteiger partial charge in [0.05, 0.1) is 0 Å². The lowest BCUT2D eigenvalue weighted by molar-refractivity contribution is 0.289. The zero-order chi connectivity index (χ0) is 16.3. The molecular formula is C18H30FIN4. The Labute approximate surface area is 162 Å². The maximum atomic E-state index is 12.9. The van der Waals surface area contributed by atoms with Crippen LogP contribution in [0.2, 0.25) is 0 Å². The van der Waals surface area contributed by atoms with Crippen molar-refractivity contribution < 1.29 is 4.39 Å². The molecule has 6 heteroatoms. The van der Waals surface area contributed by atoms with Crippen molar-refractivity contribution in [1.29, 1.82) is 0 Å². The summed E-state index contributed by atoms with van der Waals surface area (Å²) < 4.78 is 12.9. The molecule has 4 nitrogen and oxygen atoms in total. The van der Waals surface area contributed by atoms with Gasteiger partial charge in [0.1, 0.15) is 5.82 Å². The van der Waals surface area contributed by atoms with Gasteiger partial charge in [-0.3, -0.25) is 4.99 Å². The minimum Gasteiger partial charge on any atom is -0.356 e. The van der Waals surface area contributed by atoms with E-state index >= 15 is 0 Å². The number of likely N-dealkylation sites (tertiary alicyclic amines) is 1. The molecule has 1 aromatic carbocycles. The maximum Gasteiger partial charge on any atom is 0.191 e. The number of aliphatic imine (C=N–C) groups is 1. The predicted molar refractivity (Wildman–Crippen MR) is 110 cm³/mol. The van der Waals surface area contributed by atoms with E-state index in [4.69, 9.17) is 0 Å². The van der Waals surface area contributed by atoms with Crippen LogP contribution in [0.25, 0.3) is 0 Å². The zero-order valence-electron chi connectivity index (χ0n) is 14.6. The van der Waals surface area contributed by atoms with Crippen molar-refractivity contribution in [3.63, 3.8) is 0 Å². The highest BCUT2D eigenvalue weighted by Gasteiger charge is 2.08. The summed E-state index contributed by atoms with van der Waals surface area (Å²) in [4.78, 5) is 6.78. The summed E-state index contributed by atoms with van der Waals surface area (Å²) in [6.45, 7) is 5.21. The molecule has 0 saturated carbocycles. The number of nitrogens with one attached hydrogen (secondary N) is 2. The van der Waals surface area contributed by atoms with Gasteiger partial charge in [-0.15, -0.1) is 24.0 Å². The topological polar surface area (TPSA) is 39.7 Å². The molecule has 0 spiro atoms. The molecule has 0 aliphatic carbocycles. The molecule has 136 valence electrons. The van der Waals surface area contributed by atoms with Gasteiger partial charge in [0.15, 0.2) is 5.96 Å². The van der Waals surface area contributed by atoms with Crippen LogP contribution < -0.4 is 10.6 Å². The van der Waals surface area contributed by atoms with E-state index in [1.54, 1.807) is 7.05 Å². The lowest BCUT2D eigenvalue weighted by Gasteiger charge is -2.20. The second kappa shape index (κ2) is 12.5. The van der Waals surface area contributed by atoms with E-state index < -0.39 is 0 Å². The molecule has 0 unspecified atom stereocenters. The summed E-state index contributed by atoms with van der Waals surface area (Å²) in [5, 5.41) is 6.68. The van der Waals surface area contributed by atoms with E-state index in [1.807, 2.05) is 12.1 Å². The fourth-order valence-electron chi connectivity index (χ4n) is 2.89. The molecule has 0 amide bonds. The molecule has 1 heterocycles. The van der Waals surface area contributed by atoms with Crippen LogP contribution in [-0.4, -0.2) is 50.6 Å². The lowest BCUT2D eigenvalue weighted by Crippen LogP contribution is -2.42. The standard InChI is InChI=1S/C18H29FN4.HI/c1-20-18(21-11-10-16-6-8-17(19)9-7-16)22-12-15-23-13-4-2-3-5-14-23;/h6-9H,2-5,10-15H2,1H3,(H2,20,21,22);1H. The molecule has 2 N–H and O–H groups in total. The second-order valence-electron chi connectivity index (χ2n) is 6.06. The summed E-state index contributed by atoms with van der Waals surface area (Å²) in [6, 6.07) is 6.66. The molecule has 0 atom stereocenters. The number of hydrogen-bond donors (Lipinski definition) is 2. The van der Waals surface area contributed by atoms with Gasteiger partial charge in [-0.25, -0.2) is 4.39 Å². The van der Waals surface area contributed by atoms with Crippen molar-refractivity contribution >= 4 is 29.9 Å². The molecule has 1 fully saturated rings. The number of rotatable bonds is 6. The van der Waals surface area contributed by atoms with E-state index in [9.17, 15) is 4.39 Å². The van der Waals surface area contributed by atoms with Gasteiger partial charge in [0, 0.05) is 26.7 Å². The highest BCUT2D eigenvalue weighted by molar-refractivity contribution is 14.0. The van der Waals surface area contributed by atoms with Crippen molar-refractivity contribution in [2.75, 3.05) is 39.8 Å². The minimum atomic E-state index is -0.187. The average Bonchev–Trinajstić information content (AvgIpc) is 2.84. The summed E-state index contributed by atoms with van der Waals surface area (Å²) in [7, 11) is 1.79. The van der Waals surface area contributed by atoms with Gasteiger partial charge < -0.3 is 15.5 Å². The molecule has 2 rings (SSSR count). The van der Waals surface area contributed by atoms with Gasteiger partial charge in [-0.1, -0.05) is 25.0 Å². The van der Waals surface area contributed by atoms with E-state index in [1.165, 1.54) is 50.9 Å². The quantitative estimate of drug-likeness (QED) is 0.400. The SMILES string of the molecule is CN=C(NCCc1ccc(F)cc1)NCCN1CCCCCC1.I. The monoisotopic (exact) mass is 448 g/mol. The first-order chi connectivity index (χ1) is 11.3. The van der Waals surface area contributed by atoms with E-state index in [0.29, 0.717) is 0 Å². The Balaban J connectivity index is 0.00000288. The van der Waals surface area contributed by atoms with Crippen molar-refractivity contribution in [1.82, 2.24) is 15.5 Å². The Morgan fingerprint density at radius 1 is 1.04 bits per heavy atom. The Bertz CT molecular complexity index is 470. The highest BCUT2D eigenvalue weighted by atomic mass is 127. The number of guanidine groups is 1. The van der Waals surface area contributed by atoms with Crippen LogP contribution in [0.4, 0.5) is 4.39 Å². The molecule has 0 bridgehead atoms. The van der Waals surface area contributed by atoms with E-state index in [0.717, 1.165) is 37.6 Å². The zero-order valence-corrected chi connectivity index (χ0v) is 16.9.